The Bertz CT molecular complexity index is 321. The zero-order chi connectivity index (χ0) is 9.97. The highest BCUT2D eigenvalue weighted by Gasteiger charge is 2.30. The van der Waals surface area contributed by atoms with Crippen molar-refractivity contribution in [3.8, 4) is 0 Å². The second-order valence-corrected chi connectivity index (χ2v) is 3.44. The van der Waals surface area contributed by atoms with Crippen LogP contribution in [-0.4, -0.2) is 40.4 Å². The van der Waals surface area contributed by atoms with E-state index in [2.05, 4.69) is 9.97 Å². The number of carbonyl (C=O) groups is 1. The Labute approximate surface area is 82.0 Å². The monoisotopic (exact) mass is 192 g/mol. The normalized spacial score (nSPS) is 16.5. The largest absolute Gasteiger partial charge is 0.338 e. The molecule has 1 aromatic heterocycles. The molecular formula is C9H12N4O. The molecule has 1 amide bonds. The molecule has 5 heteroatoms. The lowest BCUT2D eigenvalue weighted by Gasteiger charge is -2.38. The molecule has 0 aromatic carbocycles. The smallest absolute Gasteiger partial charge is 0.257 e. The van der Waals surface area contributed by atoms with Crippen LogP contribution in [0.4, 0.5) is 0 Å². The predicted molar refractivity (Wildman–Crippen MR) is 50.5 cm³/mol. The first-order valence-electron chi connectivity index (χ1n) is 4.55. The first kappa shape index (κ1) is 9.08. The lowest BCUT2D eigenvalue weighted by molar-refractivity contribution is 0.0514. The van der Waals surface area contributed by atoms with E-state index in [9.17, 15) is 4.79 Å². The molecule has 1 aromatic rings. The highest BCUT2D eigenvalue weighted by atomic mass is 16.2. The van der Waals surface area contributed by atoms with Crippen molar-refractivity contribution in [1.82, 2.24) is 14.9 Å². The van der Waals surface area contributed by atoms with E-state index in [-0.39, 0.29) is 5.91 Å². The van der Waals surface area contributed by atoms with Crippen LogP contribution in [0.2, 0.25) is 0 Å². The molecule has 1 saturated heterocycles. The molecule has 1 aliphatic rings. The summed E-state index contributed by atoms with van der Waals surface area (Å²) >= 11 is 0. The molecule has 5 nitrogen and oxygen atoms in total. The Balaban J connectivity index is 1.98. The van der Waals surface area contributed by atoms with E-state index >= 15 is 0 Å². The van der Waals surface area contributed by atoms with E-state index in [1.54, 1.807) is 4.90 Å². The van der Waals surface area contributed by atoms with Crippen LogP contribution < -0.4 is 5.73 Å². The minimum absolute atomic E-state index is 0.00435. The minimum Gasteiger partial charge on any atom is -0.338 e. The highest BCUT2D eigenvalue weighted by Crippen LogP contribution is 2.16. The molecular weight excluding hydrogens is 180 g/mol. The summed E-state index contributed by atoms with van der Waals surface area (Å²) < 4.78 is 0. The number of aromatic nitrogens is 2. The first-order valence-corrected chi connectivity index (χ1v) is 4.55. The second-order valence-electron chi connectivity index (χ2n) is 3.44. The summed E-state index contributed by atoms with van der Waals surface area (Å²) in [7, 11) is 0. The van der Waals surface area contributed by atoms with Gasteiger partial charge in [-0.3, -0.25) is 4.79 Å². The van der Waals surface area contributed by atoms with Crippen molar-refractivity contribution >= 4 is 5.91 Å². The number of nitrogens with two attached hydrogens (primary N) is 1. The van der Waals surface area contributed by atoms with E-state index in [1.165, 1.54) is 18.7 Å². The van der Waals surface area contributed by atoms with Gasteiger partial charge in [-0.25, -0.2) is 9.97 Å². The lowest BCUT2D eigenvalue weighted by atomic mass is 10.00. The standard InChI is InChI=1S/C9H12N4O/c10-1-7-4-13(5-7)9(14)8-2-11-6-12-3-8/h2-3,6-7H,1,4-5,10H2. The summed E-state index contributed by atoms with van der Waals surface area (Å²) in [5.74, 6) is 0.457. The Morgan fingerprint density at radius 3 is 2.71 bits per heavy atom. The molecule has 74 valence electrons. The third kappa shape index (κ3) is 1.58. The van der Waals surface area contributed by atoms with Gasteiger partial charge >= 0.3 is 0 Å². The fraction of sp³-hybridized carbons (Fsp3) is 0.444. The molecule has 1 fully saturated rings. The van der Waals surface area contributed by atoms with E-state index in [0.29, 0.717) is 18.0 Å². The van der Waals surface area contributed by atoms with Crippen LogP contribution in [0.25, 0.3) is 0 Å². The van der Waals surface area contributed by atoms with Crippen LogP contribution in [0, 0.1) is 5.92 Å². The summed E-state index contributed by atoms with van der Waals surface area (Å²) in [5.41, 5.74) is 6.02. The van der Waals surface area contributed by atoms with Crippen LogP contribution in [0.3, 0.4) is 0 Å². The van der Waals surface area contributed by atoms with Gasteiger partial charge in [-0.05, 0) is 6.54 Å². The molecule has 0 radical (unpaired) electrons. The third-order valence-electron chi connectivity index (χ3n) is 2.39. The summed E-state index contributed by atoms with van der Waals surface area (Å²) in [4.78, 5) is 21.1. The molecule has 0 saturated carbocycles. The molecule has 0 unspecified atom stereocenters. The van der Waals surface area contributed by atoms with Gasteiger partial charge in [0.15, 0.2) is 0 Å². The molecule has 0 aliphatic carbocycles. The second kappa shape index (κ2) is 3.71. The number of hydrogen-bond donors (Lipinski definition) is 1. The third-order valence-corrected chi connectivity index (χ3v) is 2.39. The van der Waals surface area contributed by atoms with Gasteiger partial charge in [0.05, 0.1) is 5.56 Å². The quantitative estimate of drug-likeness (QED) is 0.686. The molecule has 1 aliphatic heterocycles. The van der Waals surface area contributed by atoms with Gasteiger partial charge in [0.25, 0.3) is 5.91 Å². The predicted octanol–water partition coefficient (Wildman–Crippen LogP) is -0.493. The summed E-state index contributed by atoms with van der Waals surface area (Å²) in [6.07, 6.45) is 4.48. The zero-order valence-electron chi connectivity index (χ0n) is 7.76. The number of carbonyl (C=O) groups excluding carboxylic acids is 1. The highest BCUT2D eigenvalue weighted by molar-refractivity contribution is 5.94. The Morgan fingerprint density at radius 2 is 2.14 bits per heavy atom. The van der Waals surface area contributed by atoms with Crippen molar-refractivity contribution in [2.75, 3.05) is 19.6 Å². The molecule has 2 heterocycles. The number of amides is 1. The molecule has 2 rings (SSSR count). The SMILES string of the molecule is NCC1CN(C(=O)c2cncnc2)C1. The van der Waals surface area contributed by atoms with Gasteiger partial charge in [0.2, 0.25) is 0 Å². The molecule has 0 spiro atoms. The average Bonchev–Trinajstić information content (AvgIpc) is 2.17. The molecule has 0 bridgehead atoms. The number of rotatable bonds is 2. The maximum atomic E-state index is 11.7. The van der Waals surface area contributed by atoms with Crippen LogP contribution >= 0.6 is 0 Å². The first-order chi connectivity index (χ1) is 6.81. The maximum absolute atomic E-state index is 11.7. The van der Waals surface area contributed by atoms with Crippen LogP contribution in [0.15, 0.2) is 18.7 Å². The molecule has 2 N–H and O–H groups in total. The number of nitrogens with zero attached hydrogens (tertiary/aromatic N) is 3. The molecule has 14 heavy (non-hydrogen) atoms. The van der Waals surface area contributed by atoms with Crippen molar-refractivity contribution in [1.29, 1.82) is 0 Å². The Kier molecular flexibility index (Phi) is 2.41. The topological polar surface area (TPSA) is 72.1 Å². The maximum Gasteiger partial charge on any atom is 0.257 e. The van der Waals surface area contributed by atoms with Crippen molar-refractivity contribution in [2.45, 2.75) is 0 Å². The van der Waals surface area contributed by atoms with Crippen molar-refractivity contribution in [2.24, 2.45) is 11.7 Å². The van der Waals surface area contributed by atoms with E-state index < -0.39 is 0 Å². The Hall–Kier alpha value is -1.49. The van der Waals surface area contributed by atoms with Crippen LogP contribution in [0.5, 0.6) is 0 Å². The number of hydrogen-bond acceptors (Lipinski definition) is 4. The summed E-state index contributed by atoms with van der Waals surface area (Å²) in [5, 5.41) is 0. The van der Waals surface area contributed by atoms with Crippen molar-refractivity contribution in [3.63, 3.8) is 0 Å². The van der Waals surface area contributed by atoms with Gasteiger partial charge in [0.1, 0.15) is 6.33 Å². The summed E-state index contributed by atoms with van der Waals surface area (Å²) in [6.45, 7) is 2.16. The fourth-order valence-corrected chi connectivity index (χ4v) is 1.48. The summed E-state index contributed by atoms with van der Waals surface area (Å²) in [6, 6.07) is 0. The van der Waals surface area contributed by atoms with Crippen LogP contribution in [-0.2, 0) is 0 Å². The van der Waals surface area contributed by atoms with Gasteiger partial charge in [-0.1, -0.05) is 0 Å². The minimum atomic E-state index is -0.00435. The molecule has 0 atom stereocenters. The lowest BCUT2D eigenvalue weighted by Crippen LogP contribution is -2.52. The average molecular weight is 192 g/mol. The van der Waals surface area contributed by atoms with Gasteiger partial charge in [-0.2, -0.15) is 0 Å². The van der Waals surface area contributed by atoms with Gasteiger partial charge in [-0.15, -0.1) is 0 Å². The van der Waals surface area contributed by atoms with E-state index in [4.69, 9.17) is 5.73 Å². The number of likely N-dealkylation sites (tertiary alicyclic amines) is 1. The van der Waals surface area contributed by atoms with Crippen molar-refractivity contribution < 1.29 is 4.79 Å². The van der Waals surface area contributed by atoms with Crippen molar-refractivity contribution in [3.05, 3.63) is 24.3 Å². The van der Waals surface area contributed by atoms with E-state index in [0.717, 1.165) is 13.1 Å². The van der Waals surface area contributed by atoms with Gasteiger partial charge < -0.3 is 10.6 Å². The zero-order valence-corrected chi connectivity index (χ0v) is 7.76. The van der Waals surface area contributed by atoms with E-state index in [1.807, 2.05) is 0 Å². The Morgan fingerprint density at radius 1 is 1.50 bits per heavy atom. The van der Waals surface area contributed by atoms with Gasteiger partial charge in [0, 0.05) is 31.4 Å². The fourth-order valence-electron chi connectivity index (χ4n) is 1.48. The van der Waals surface area contributed by atoms with Crippen LogP contribution in [0.1, 0.15) is 10.4 Å².